The Bertz CT molecular complexity index is 995. The number of halogens is 1. The van der Waals surface area contributed by atoms with Gasteiger partial charge in [-0.1, -0.05) is 41.9 Å². The third kappa shape index (κ3) is 3.51. The van der Waals surface area contributed by atoms with Crippen molar-refractivity contribution in [2.24, 2.45) is 5.73 Å². The molecule has 0 saturated carbocycles. The highest BCUT2D eigenvalue weighted by atomic mass is 35.5. The van der Waals surface area contributed by atoms with E-state index in [0.717, 1.165) is 22.5 Å². The van der Waals surface area contributed by atoms with Crippen LogP contribution in [0.1, 0.15) is 21.6 Å². The summed E-state index contributed by atoms with van der Waals surface area (Å²) in [5.41, 5.74) is 9.37. The van der Waals surface area contributed by atoms with E-state index in [1.54, 1.807) is 20.3 Å². The number of methoxy groups -OCH3 is 2. The summed E-state index contributed by atoms with van der Waals surface area (Å²) in [6.45, 7) is 2.34. The molecule has 0 saturated heterocycles. The van der Waals surface area contributed by atoms with E-state index in [1.165, 1.54) is 0 Å². The molecule has 0 spiro atoms. The van der Waals surface area contributed by atoms with Gasteiger partial charge in [0.1, 0.15) is 0 Å². The largest absolute Gasteiger partial charge is 0.493 e. The van der Waals surface area contributed by atoms with Gasteiger partial charge >= 0.3 is 0 Å². The second-order valence-corrected chi connectivity index (χ2v) is 6.52. The minimum Gasteiger partial charge on any atom is -0.493 e. The van der Waals surface area contributed by atoms with Gasteiger partial charge < -0.3 is 19.8 Å². The van der Waals surface area contributed by atoms with Crippen LogP contribution in [0.2, 0.25) is 5.02 Å². The number of hydrogen-bond donors (Lipinski definition) is 1. The number of ether oxygens (including phenoxy) is 2. The fourth-order valence-electron chi connectivity index (χ4n) is 3.24. The molecule has 1 heterocycles. The zero-order chi connectivity index (χ0) is 19.6. The molecule has 0 atom stereocenters. The predicted octanol–water partition coefficient (Wildman–Crippen LogP) is 4.28. The zero-order valence-corrected chi connectivity index (χ0v) is 16.2. The number of para-hydroxylation sites is 1. The normalized spacial score (nSPS) is 10.7. The van der Waals surface area contributed by atoms with Crippen molar-refractivity contribution in [1.29, 1.82) is 0 Å². The second kappa shape index (κ2) is 7.76. The van der Waals surface area contributed by atoms with Crippen LogP contribution in [-0.4, -0.2) is 24.7 Å². The molecule has 2 aromatic carbocycles. The molecule has 0 aliphatic carbocycles. The van der Waals surface area contributed by atoms with Crippen LogP contribution in [0, 0.1) is 6.92 Å². The molecular formula is C21H21ClN2O3. The van der Waals surface area contributed by atoms with Gasteiger partial charge in [0.05, 0.1) is 32.0 Å². The summed E-state index contributed by atoms with van der Waals surface area (Å²) in [6.07, 6.45) is 0. The molecule has 0 unspecified atom stereocenters. The molecule has 0 aliphatic rings. The van der Waals surface area contributed by atoms with Crippen molar-refractivity contribution in [3.63, 3.8) is 0 Å². The SMILES string of the molecule is COc1cccc(Cn2c(-c3ccccc3Cl)cc(C(N)=O)c2C)c1OC. The molecule has 1 aromatic heterocycles. The summed E-state index contributed by atoms with van der Waals surface area (Å²) in [5.74, 6) is 0.824. The van der Waals surface area contributed by atoms with Crippen LogP contribution in [0.3, 0.4) is 0 Å². The van der Waals surface area contributed by atoms with Gasteiger partial charge in [-0.15, -0.1) is 0 Å². The monoisotopic (exact) mass is 384 g/mol. The standard InChI is InChI=1S/C21H21ClN2O3/c1-13-16(21(23)25)11-18(15-8-4-5-9-17(15)22)24(13)12-14-7-6-10-19(26-2)20(14)27-3/h4-11H,12H2,1-3H3,(H2,23,25). The highest BCUT2D eigenvalue weighted by Crippen LogP contribution is 2.35. The van der Waals surface area contributed by atoms with E-state index in [4.69, 9.17) is 26.8 Å². The van der Waals surface area contributed by atoms with Crippen LogP contribution in [0.4, 0.5) is 0 Å². The number of hydrogen-bond acceptors (Lipinski definition) is 3. The Morgan fingerprint density at radius 2 is 1.85 bits per heavy atom. The molecule has 0 aliphatic heterocycles. The first-order valence-electron chi connectivity index (χ1n) is 8.42. The Morgan fingerprint density at radius 3 is 2.48 bits per heavy atom. The van der Waals surface area contributed by atoms with Crippen LogP contribution in [-0.2, 0) is 6.54 Å². The lowest BCUT2D eigenvalue weighted by Gasteiger charge is -2.17. The molecule has 0 radical (unpaired) electrons. The van der Waals surface area contributed by atoms with Crippen molar-refractivity contribution >= 4 is 17.5 Å². The van der Waals surface area contributed by atoms with Crippen LogP contribution in [0.15, 0.2) is 48.5 Å². The van der Waals surface area contributed by atoms with E-state index in [-0.39, 0.29) is 0 Å². The van der Waals surface area contributed by atoms with Gasteiger partial charge in [0, 0.05) is 21.8 Å². The van der Waals surface area contributed by atoms with Gasteiger partial charge in [-0.05, 0) is 25.1 Å². The number of nitrogens with zero attached hydrogens (tertiary/aromatic N) is 1. The number of nitrogens with two attached hydrogens (primary N) is 1. The maximum absolute atomic E-state index is 11.9. The first-order chi connectivity index (χ1) is 13.0. The summed E-state index contributed by atoms with van der Waals surface area (Å²) >= 11 is 6.41. The molecule has 3 aromatic rings. The first kappa shape index (κ1) is 18.9. The van der Waals surface area contributed by atoms with Crippen molar-refractivity contribution in [2.75, 3.05) is 14.2 Å². The van der Waals surface area contributed by atoms with Crippen molar-refractivity contribution in [2.45, 2.75) is 13.5 Å². The molecule has 3 rings (SSSR count). The molecule has 1 amide bonds. The third-order valence-corrected chi connectivity index (χ3v) is 4.92. The second-order valence-electron chi connectivity index (χ2n) is 6.11. The van der Waals surface area contributed by atoms with E-state index >= 15 is 0 Å². The van der Waals surface area contributed by atoms with E-state index in [1.807, 2.05) is 54.0 Å². The average molecular weight is 385 g/mol. The van der Waals surface area contributed by atoms with Crippen LogP contribution < -0.4 is 15.2 Å². The first-order valence-corrected chi connectivity index (χ1v) is 8.80. The van der Waals surface area contributed by atoms with Gasteiger partial charge in [-0.2, -0.15) is 0 Å². The van der Waals surface area contributed by atoms with Crippen molar-refractivity contribution in [1.82, 2.24) is 4.57 Å². The van der Waals surface area contributed by atoms with Crippen LogP contribution in [0.25, 0.3) is 11.3 Å². The van der Waals surface area contributed by atoms with Crippen molar-refractivity contribution in [3.8, 4) is 22.8 Å². The Balaban J connectivity index is 2.19. The maximum atomic E-state index is 11.9. The number of aromatic nitrogens is 1. The summed E-state index contributed by atoms with van der Waals surface area (Å²) in [5, 5.41) is 0.602. The van der Waals surface area contributed by atoms with Crippen molar-refractivity contribution in [3.05, 3.63) is 70.4 Å². The summed E-state index contributed by atoms with van der Waals surface area (Å²) in [4.78, 5) is 11.9. The fourth-order valence-corrected chi connectivity index (χ4v) is 3.47. The highest BCUT2D eigenvalue weighted by Gasteiger charge is 2.20. The Labute approximate surface area is 163 Å². The number of rotatable bonds is 6. The van der Waals surface area contributed by atoms with E-state index in [2.05, 4.69) is 0 Å². The van der Waals surface area contributed by atoms with Gasteiger partial charge in [-0.25, -0.2) is 0 Å². The summed E-state index contributed by atoms with van der Waals surface area (Å²) < 4.78 is 13.0. The Kier molecular flexibility index (Phi) is 5.42. The lowest BCUT2D eigenvalue weighted by Crippen LogP contribution is -2.13. The fraction of sp³-hybridized carbons (Fsp3) is 0.190. The quantitative estimate of drug-likeness (QED) is 0.689. The number of amides is 1. The molecule has 140 valence electrons. The van der Waals surface area contributed by atoms with Gasteiger partial charge in [-0.3, -0.25) is 4.79 Å². The highest BCUT2D eigenvalue weighted by molar-refractivity contribution is 6.33. The average Bonchev–Trinajstić information content (AvgIpc) is 2.98. The minimum atomic E-state index is -0.475. The molecule has 2 N–H and O–H groups in total. The topological polar surface area (TPSA) is 66.5 Å². The smallest absolute Gasteiger partial charge is 0.250 e. The number of carbonyl (C=O) groups is 1. The molecule has 5 nitrogen and oxygen atoms in total. The van der Waals surface area contributed by atoms with E-state index in [0.29, 0.717) is 28.6 Å². The molecule has 0 bridgehead atoms. The Morgan fingerprint density at radius 1 is 1.11 bits per heavy atom. The minimum absolute atomic E-state index is 0.465. The summed E-state index contributed by atoms with van der Waals surface area (Å²) in [7, 11) is 3.20. The third-order valence-electron chi connectivity index (χ3n) is 4.59. The molecule has 6 heteroatoms. The molecular weight excluding hydrogens is 364 g/mol. The predicted molar refractivity (Wildman–Crippen MR) is 107 cm³/mol. The molecule has 27 heavy (non-hydrogen) atoms. The number of carbonyl (C=O) groups excluding carboxylic acids is 1. The molecule has 0 fully saturated rings. The lowest BCUT2D eigenvalue weighted by atomic mass is 10.1. The van der Waals surface area contributed by atoms with Crippen molar-refractivity contribution < 1.29 is 14.3 Å². The Hall–Kier alpha value is -2.92. The van der Waals surface area contributed by atoms with Crippen LogP contribution >= 0.6 is 11.6 Å². The van der Waals surface area contributed by atoms with E-state index < -0.39 is 5.91 Å². The van der Waals surface area contributed by atoms with Gasteiger partial charge in [0.25, 0.3) is 5.91 Å². The summed E-state index contributed by atoms with van der Waals surface area (Å²) in [6, 6.07) is 15.0. The zero-order valence-electron chi connectivity index (χ0n) is 15.5. The van der Waals surface area contributed by atoms with Crippen LogP contribution in [0.5, 0.6) is 11.5 Å². The van der Waals surface area contributed by atoms with Gasteiger partial charge in [0.2, 0.25) is 0 Å². The maximum Gasteiger partial charge on any atom is 0.250 e. The van der Waals surface area contributed by atoms with E-state index in [9.17, 15) is 4.79 Å². The lowest BCUT2D eigenvalue weighted by molar-refractivity contribution is 0.0999. The number of primary amides is 1. The number of benzene rings is 2. The van der Waals surface area contributed by atoms with Gasteiger partial charge in [0.15, 0.2) is 11.5 Å².